The number of alkyl halides is 3. The Labute approximate surface area is 241 Å². The molecule has 1 aromatic heterocycles. The molecule has 5 rings (SSSR count). The molecule has 2 N–H and O–H groups in total. The van der Waals surface area contributed by atoms with Crippen molar-refractivity contribution in [2.24, 2.45) is 11.1 Å². The molecule has 42 heavy (non-hydrogen) atoms. The second-order valence-electron chi connectivity index (χ2n) is 12.5. The zero-order valence-corrected chi connectivity index (χ0v) is 24.0. The Hall–Kier alpha value is -3.28. The predicted molar refractivity (Wildman–Crippen MR) is 150 cm³/mol. The minimum atomic E-state index is -4.84. The predicted octanol–water partition coefficient (Wildman–Crippen LogP) is 4.78. The second kappa shape index (κ2) is 11.1. The molecular formula is C31H36F4N4O3. The topological polar surface area (TPSA) is 82.5 Å². The molecule has 1 atom stereocenters. The third-order valence-corrected chi connectivity index (χ3v) is 8.19. The summed E-state index contributed by atoms with van der Waals surface area (Å²) in [5, 5.41) is 0. The number of hydrogen-bond acceptors (Lipinski definition) is 5. The Morgan fingerprint density at radius 2 is 1.64 bits per heavy atom. The van der Waals surface area contributed by atoms with Crippen LogP contribution in [-0.4, -0.2) is 33.7 Å². The third kappa shape index (κ3) is 5.82. The Morgan fingerprint density at radius 1 is 0.976 bits per heavy atom. The van der Waals surface area contributed by atoms with Gasteiger partial charge >= 0.3 is 11.9 Å². The van der Waals surface area contributed by atoms with Gasteiger partial charge in [0.25, 0.3) is 5.56 Å². The van der Waals surface area contributed by atoms with Gasteiger partial charge in [-0.3, -0.25) is 13.9 Å². The van der Waals surface area contributed by atoms with Crippen molar-refractivity contribution in [2.75, 3.05) is 19.6 Å². The van der Waals surface area contributed by atoms with Gasteiger partial charge in [0.05, 0.1) is 36.5 Å². The molecule has 0 bridgehead atoms. The molecule has 1 unspecified atom stereocenters. The van der Waals surface area contributed by atoms with Crippen LogP contribution < -0.4 is 17.0 Å². The lowest BCUT2D eigenvalue weighted by atomic mass is 9.84. The van der Waals surface area contributed by atoms with Crippen LogP contribution in [0, 0.1) is 11.2 Å². The number of likely N-dealkylation sites (tertiary alicyclic amines) is 1. The van der Waals surface area contributed by atoms with Crippen molar-refractivity contribution >= 4 is 0 Å². The standard InChI is InChI=1S/C31H36F4N4O3/c1-29(2,3)19-37-14-12-30(13-15-37)26-25(18-42-30)38(16-21-22(31(33,34)35)10-7-11-23(21)32)28(41)39(27(26)40)17-24(36)20-8-5-4-6-9-20/h4-11,24H,12-19,36H2,1-3H3. The van der Waals surface area contributed by atoms with Gasteiger partial charge in [-0.1, -0.05) is 57.2 Å². The van der Waals surface area contributed by atoms with Crippen LogP contribution in [0.4, 0.5) is 17.6 Å². The summed E-state index contributed by atoms with van der Waals surface area (Å²) in [7, 11) is 0. The summed E-state index contributed by atoms with van der Waals surface area (Å²) in [4.78, 5) is 30.2. The van der Waals surface area contributed by atoms with Crippen LogP contribution in [0.2, 0.25) is 0 Å². The van der Waals surface area contributed by atoms with E-state index in [0.29, 0.717) is 31.5 Å². The van der Waals surface area contributed by atoms with Crippen LogP contribution in [0.3, 0.4) is 0 Å². The van der Waals surface area contributed by atoms with E-state index in [1.165, 1.54) is 0 Å². The molecule has 2 aliphatic heterocycles. The van der Waals surface area contributed by atoms with Crippen molar-refractivity contribution in [1.29, 1.82) is 0 Å². The molecule has 0 radical (unpaired) electrons. The highest BCUT2D eigenvalue weighted by Gasteiger charge is 2.47. The summed E-state index contributed by atoms with van der Waals surface area (Å²) in [5.41, 5.74) is 3.33. The van der Waals surface area contributed by atoms with Gasteiger partial charge in [0.1, 0.15) is 11.4 Å². The Morgan fingerprint density at radius 3 is 2.26 bits per heavy atom. The number of hydrogen-bond donors (Lipinski definition) is 1. The molecule has 2 aromatic carbocycles. The largest absolute Gasteiger partial charge is 0.416 e. The summed E-state index contributed by atoms with van der Waals surface area (Å²) in [6.45, 7) is 7.51. The van der Waals surface area contributed by atoms with Gasteiger partial charge in [0.15, 0.2) is 0 Å². The molecule has 1 fully saturated rings. The fourth-order valence-electron chi connectivity index (χ4n) is 6.23. The fourth-order valence-corrected chi connectivity index (χ4v) is 6.23. The molecular weight excluding hydrogens is 552 g/mol. The van der Waals surface area contributed by atoms with E-state index in [1.807, 2.05) is 6.07 Å². The quantitative estimate of drug-likeness (QED) is 0.419. The Bertz CT molecular complexity index is 1570. The highest BCUT2D eigenvalue weighted by Crippen LogP contribution is 2.43. The maximum atomic E-state index is 14.9. The van der Waals surface area contributed by atoms with E-state index in [0.717, 1.165) is 33.9 Å². The molecule has 0 saturated carbocycles. The number of nitrogens with two attached hydrogens (primary N) is 1. The summed E-state index contributed by atoms with van der Waals surface area (Å²) >= 11 is 0. The average molecular weight is 589 g/mol. The first kappa shape index (κ1) is 30.2. The number of rotatable bonds is 6. The maximum Gasteiger partial charge on any atom is 0.416 e. The molecule has 226 valence electrons. The van der Waals surface area contributed by atoms with Gasteiger partial charge in [0, 0.05) is 31.2 Å². The van der Waals surface area contributed by atoms with Gasteiger partial charge < -0.3 is 15.4 Å². The van der Waals surface area contributed by atoms with E-state index >= 15 is 0 Å². The van der Waals surface area contributed by atoms with Gasteiger partial charge in [-0.15, -0.1) is 0 Å². The molecule has 3 aromatic rings. The van der Waals surface area contributed by atoms with E-state index in [-0.39, 0.29) is 29.8 Å². The average Bonchev–Trinajstić information content (AvgIpc) is 3.28. The first-order valence-corrected chi connectivity index (χ1v) is 14.1. The van der Waals surface area contributed by atoms with Crippen LogP contribution in [-0.2, 0) is 36.2 Å². The van der Waals surface area contributed by atoms with Gasteiger partial charge in [-0.25, -0.2) is 9.18 Å². The lowest BCUT2D eigenvalue weighted by Crippen LogP contribution is -2.50. The smallest absolute Gasteiger partial charge is 0.364 e. The highest BCUT2D eigenvalue weighted by atomic mass is 19.4. The number of nitrogens with zero attached hydrogens (tertiary/aromatic N) is 3. The second-order valence-corrected chi connectivity index (χ2v) is 12.5. The van der Waals surface area contributed by atoms with Crippen molar-refractivity contribution < 1.29 is 22.3 Å². The normalized spacial score (nSPS) is 17.9. The van der Waals surface area contributed by atoms with Crippen LogP contribution >= 0.6 is 0 Å². The SMILES string of the molecule is CC(C)(C)CN1CCC2(CC1)OCc1c2c(=O)n(CC(N)c2ccccc2)c(=O)n1Cc1c(F)cccc1C(F)(F)F. The van der Waals surface area contributed by atoms with E-state index in [4.69, 9.17) is 10.5 Å². The monoisotopic (exact) mass is 588 g/mol. The van der Waals surface area contributed by atoms with Crippen molar-refractivity contribution in [2.45, 2.75) is 71.1 Å². The molecule has 1 spiro atoms. The van der Waals surface area contributed by atoms with E-state index in [2.05, 4.69) is 25.7 Å². The minimum absolute atomic E-state index is 0.0651. The number of benzene rings is 2. The summed E-state index contributed by atoms with van der Waals surface area (Å²) < 4.78 is 64.9. The number of fused-ring (bicyclic) bond motifs is 2. The molecule has 3 heterocycles. The first-order chi connectivity index (χ1) is 19.7. The van der Waals surface area contributed by atoms with Crippen LogP contribution in [0.25, 0.3) is 0 Å². The first-order valence-electron chi connectivity index (χ1n) is 14.1. The zero-order chi connectivity index (χ0) is 30.4. The van der Waals surface area contributed by atoms with Crippen LogP contribution in [0.1, 0.15) is 67.6 Å². The summed E-state index contributed by atoms with van der Waals surface area (Å²) in [6.07, 6.45) is -3.89. The number of halogens is 4. The molecule has 0 aliphatic carbocycles. The Kier molecular flexibility index (Phi) is 7.97. The van der Waals surface area contributed by atoms with Crippen molar-refractivity contribution in [1.82, 2.24) is 14.0 Å². The van der Waals surface area contributed by atoms with Crippen molar-refractivity contribution in [3.05, 3.63) is 103 Å². The van der Waals surface area contributed by atoms with Gasteiger partial charge in [-0.05, 0) is 36.0 Å². The van der Waals surface area contributed by atoms with Crippen LogP contribution in [0.5, 0.6) is 0 Å². The van der Waals surface area contributed by atoms with Gasteiger partial charge in [0.2, 0.25) is 0 Å². The number of aromatic nitrogens is 2. The number of piperidine rings is 1. The molecule has 2 aliphatic rings. The lowest BCUT2D eigenvalue weighted by Gasteiger charge is -2.41. The molecule has 1 saturated heterocycles. The fraction of sp³-hybridized carbons (Fsp3) is 0.484. The van der Waals surface area contributed by atoms with E-state index < -0.39 is 52.6 Å². The van der Waals surface area contributed by atoms with E-state index in [9.17, 15) is 27.2 Å². The van der Waals surface area contributed by atoms with Crippen molar-refractivity contribution in [3.63, 3.8) is 0 Å². The Balaban J connectivity index is 1.63. The molecule has 7 nitrogen and oxygen atoms in total. The van der Waals surface area contributed by atoms with Crippen LogP contribution in [0.15, 0.2) is 58.1 Å². The number of ether oxygens (including phenoxy) is 1. The third-order valence-electron chi connectivity index (χ3n) is 8.19. The summed E-state index contributed by atoms with van der Waals surface area (Å²) in [5.74, 6) is -1.09. The molecule has 11 heteroatoms. The maximum absolute atomic E-state index is 14.9. The lowest BCUT2D eigenvalue weighted by molar-refractivity contribution is -0.138. The molecule has 0 amide bonds. The van der Waals surface area contributed by atoms with E-state index in [1.54, 1.807) is 24.3 Å². The highest BCUT2D eigenvalue weighted by molar-refractivity contribution is 5.35. The summed E-state index contributed by atoms with van der Waals surface area (Å²) in [6, 6.07) is 10.9. The van der Waals surface area contributed by atoms with Gasteiger partial charge in [-0.2, -0.15) is 13.2 Å². The van der Waals surface area contributed by atoms with Crippen molar-refractivity contribution in [3.8, 4) is 0 Å². The minimum Gasteiger partial charge on any atom is -0.364 e. The zero-order valence-electron chi connectivity index (χ0n) is 24.0.